The van der Waals surface area contributed by atoms with Crippen LogP contribution in [-0.2, 0) is 12.3 Å². The quantitative estimate of drug-likeness (QED) is 0.111. The molecule has 0 unspecified atom stereocenters. The number of rotatable bonds is 13. The number of hydrogen-bond acceptors (Lipinski definition) is 4. The topological polar surface area (TPSA) is 13.0 Å². The van der Waals surface area contributed by atoms with Crippen molar-refractivity contribution in [3.05, 3.63) is 157 Å². The zero-order chi connectivity index (χ0) is 36.8. The molecule has 0 saturated heterocycles. The second kappa shape index (κ2) is 16.8. The van der Waals surface area contributed by atoms with E-state index < -0.39 is 15.8 Å². The Hall–Kier alpha value is -4.62. The van der Waals surface area contributed by atoms with Crippen LogP contribution >= 0.6 is 15.8 Å². The molecule has 0 radical (unpaired) electrons. The van der Waals surface area contributed by atoms with Gasteiger partial charge in [0.2, 0.25) is 0 Å². The van der Waals surface area contributed by atoms with Crippen molar-refractivity contribution in [3.8, 4) is 11.1 Å². The summed E-state index contributed by atoms with van der Waals surface area (Å²) in [5.74, 6) is 0. The standard InChI is InChI=1S/C46H52N4P2/c1-47(2)37-17-25-41(26-18-37)51(42-27-19-38(20-28-42)48(3)4)33-35-13-9-11-15-45(35)46-16-12-10-14-36(46)34-52(43-29-21-39(22-30-43)49(5)6)44-31-23-40(24-32-44)50(7)8/h9-32H,33-34H2,1-8H3. The molecule has 0 N–H and O–H groups in total. The zero-order valence-corrected chi connectivity index (χ0v) is 33.7. The van der Waals surface area contributed by atoms with E-state index in [1.165, 1.54) is 66.2 Å². The Labute approximate surface area is 314 Å². The highest BCUT2D eigenvalue weighted by molar-refractivity contribution is 7.72. The van der Waals surface area contributed by atoms with Crippen LogP contribution < -0.4 is 40.8 Å². The second-order valence-corrected chi connectivity index (χ2v) is 18.5. The summed E-state index contributed by atoms with van der Waals surface area (Å²) in [5, 5.41) is 5.58. The molecule has 6 aromatic rings. The minimum atomic E-state index is -0.654. The number of benzene rings is 6. The monoisotopic (exact) mass is 722 g/mol. The van der Waals surface area contributed by atoms with Crippen molar-refractivity contribution in [3.63, 3.8) is 0 Å². The smallest absolute Gasteiger partial charge is 0.0361 e. The van der Waals surface area contributed by atoms with Gasteiger partial charge in [-0.05, 0) is 108 Å². The molecule has 0 aromatic heterocycles. The fourth-order valence-corrected chi connectivity index (χ4v) is 11.2. The van der Waals surface area contributed by atoms with Crippen LogP contribution in [0.15, 0.2) is 146 Å². The van der Waals surface area contributed by atoms with Crippen LogP contribution in [0, 0.1) is 0 Å². The Morgan fingerprint density at radius 1 is 0.308 bits per heavy atom. The van der Waals surface area contributed by atoms with E-state index in [2.05, 4.69) is 222 Å². The predicted octanol–water partition coefficient (Wildman–Crippen LogP) is 8.88. The normalized spacial score (nSPS) is 11.2. The molecule has 0 atom stereocenters. The highest BCUT2D eigenvalue weighted by Gasteiger charge is 2.21. The molecule has 52 heavy (non-hydrogen) atoms. The van der Waals surface area contributed by atoms with Gasteiger partial charge in [0.1, 0.15) is 0 Å². The van der Waals surface area contributed by atoms with Crippen LogP contribution in [0.1, 0.15) is 11.1 Å². The summed E-state index contributed by atoms with van der Waals surface area (Å²) in [4.78, 5) is 8.69. The van der Waals surface area contributed by atoms with Crippen LogP contribution in [0.25, 0.3) is 11.1 Å². The van der Waals surface area contributed by atoms with Gasteiger partial charge in [0.25, 0.3) is 0 Å². The minimum Gasteiger partial charge on any atom is -0.378 e. The molecule has 6 aromatic carbocycles. The van der Waals surface area contributed by atoms with Gasteiger partial charge in [0.05, 0.1) is 0 Å². The van der Waals surface area contributed by atoms with E-state index >= 15 is 0 Å². The SMILES string of the molecule is CN(C)c1ccc(P(Cc2ccccc2-c2ccccc2CP(c2ccc(N(C)C)cc2)c2ccc(N(C)C)cc2)c2ccc(N(C)C)cc2)cc1. The first kappa shape index (κ1) is 37.1. The first-order valence-corrected chi connectivity index (χ1v) is 21.0. The van der Waals surface area contributed by atoms with E-state index in [0.717, 1.165) is 12.3 Å². The van der Waals surface area contributed by atoms with Crippen LogP contribution in [0.3, 0.4) is 0 Å². The fraction of sp³-hybridized carbons (Fsp3) is 0.217. The largest absolute Gasteiger partial charge is 0.378 e. The van der Waals surface area contributed by atoms with Crippen molar-refractivity contribution >= 4 is 59.8 Å². The summed E-state index contributed by atoms with van der Waals surface area (Å²) < 4.78 is 0. The van der Waals surface area contributed by atoms with E-state index in [4.69, 9.17) is 0 Å². The molecule has 0 spiro atoms. The van der Waals surface area contributed by atoms with Gasteiger partial charge in [-0.2, -0.15) is 0 Å². The Kier molecular flexibility index (Phi) is 12.0. The van der Waals surface area contributed by atoms with E-state index in [0.29, 0.717) is 0 Å². The van der Waals surface area contributed by atoms with Gasteiger partial charge >= 0.3 is 0 Å². The fourth-order valence-electron chi connectivity index (χ4n) is 6.57. The zero-order valence-electron chi connectivity index (χ0n) is 32.0. The van der Waals surface area contributed by atoms with Gasteiger partial charge in [-0.15, -0.1) is 0 Å². The molecule has 0 fully saturated rings. The average Bonchev–Trinajstić information content (AvgIpc) is 3.16. The summed E-state index contributed by atoms with van der Waals surface area (Å²) in [5.41, 5.74) is 10.3. The summed E-state index contributed by atoms with van der Waals surface area (Å²) >= 11 is 0. The van der Waals surface area contributed by atoms with E-state index in [1.807, 2.05) is 0 Å². The number of hydrogen-bond donors (Lipinski definition) is 0. The highest BCUT2D eigenvalue weighted by Crippen LogP contribution is 2.45. The van der Waals surface area contributed by atoms with Gasteiger partial charge in [0, 0.05) is 91.5 Å². The van der Waals surface area contributed by atoms with Crippen molar-refractivity contribution in [2.24, 2.45) is 0 Å². The summed E-state index contributed by atoms with van der Waals surface area (Å²) in [6.07, 6.45) is 1.93. The first-order chi connectivity index (χ1) is 25.1. The number of nitrogens with zero attached hydrogens (tertiary/aromatic N) is 4. The lowest BCUT2D eigenvalue weighted by Crippen LogP contribution is -2.17. The Bertz CT molecular complexity index is 1780. The third kappa shape index (κ3) is 8.70. The maximum Gasteiger partial charge on any atom is 0.0361 e. The molecule has 0 amide bonds. The van der Waals surface area contributed by atoms with Gasteiger partial charge < -0.3 is 19.6 Å². The van der Waals surface area contributed by atoms with Crippen LogP contribution in [0.4, 0.5) is 22.7 Å². The van der Waals surface area contributed by atoms with Crippen molar-refractivity contribution < 1.29 is 0 Å². The molecule has 266 valence electrons. The van der Waals surface area contributed by atoms with Gasteiger partial charge in [0.15, 0.2) is 0 Å². The first-order valence-electron chi connectivity index (χ1n) is 17.9. The lowest BCUT2D eigenvalue weighted by Gasteiger charge is -2.25. The average molecular weight is 723 g/mol. The third-order valence-electron chi connectivity index (χ3n) is 9.69. The summed E-state index contributed by atoms with van der Waals surface area (Å²) in [7, 11) is 15.5. The Morgan fingerprint density at radius 2 is 0.538 bits per heavy atom. The van der Waals surface area contributed by atoms with Gasteiger partial charge in [-0.1, -0.05) is 97.1 Å². The van der Waals surface area contributed by atoms with Crippen molar-refractivity contribution in [1.29, 1.82) is 0 Å². The molecular weight excluding hydrogens is 670 g/mol. The van der Waals surface area contributed by atoms with E-state index in [-0.39, 0.29) is 0 Å². The molecule has 0 aliphatic carbocycles. The second-order valence-electron chi connectivity index (χ2n) is 14.1. The van der Waals surface area contributed by atoms with E-state index in [9.17, 15) is 0 Å². The minimum absolute atomic E-state index is 0.654. The molecular formula is C46H52N4P2. The van der Waals surface area contributed by atoms with Crippen molar-refractivity contribution in [1.82, 2.24) is 0 Å². The van der Waals surface area contributed by atoms with Gasteiger partial charge in [-0.3, -0.25) is 0 Å². The molecule has 6 rings (SSSR count). The molecule has 0 aliphatic rings. The molecule has 0 saturated carbocycles. The maximum atomic E-state index is 2.35. The molecule has 0 heterocycles. The van der Waals surface area contributed by atoms with Crippen LogP contribution in [0.2, 0.25) is 0 Å². The predicted molar refractivity (Wildman–Crippen MR) is 235 cm³/mol. The molecule has 0 bridgehead atoms. The maximum absolute atomic E-state index is 2.35. The number of anilines is 4. The van der Waals surface area contributed by atoms with Crippen molar-refractivity contribution in [2.45, 2.75) is 12.3 Å². The highest BCUT2D eigenvalue weighted by atomic mass is 31.1. The summed E-state index contributed by atoms with van der Waals surface area (Å²) in [6, 6.07) is 55.1. The van der Waals surface area contributed by atoms with Crippen LogP contribution in [0.5, 0.6) is 0 Å². The van der Waals surface area contributed by atoms with Crippen molar-refractivity contribution in [2.75, 3.05) is 76.0 Å². The lowest BCUT2D eigenvalue weighted by atomic mass is 9.97. The third-order valence-corrected chi connectivity index (χ3v) is 14.7. The summed E-state index contributed by atoms with van der Waals surface area (Å²) in [6.45, 7) is 0. The molecule has 4 nitrogen and oxygen atoms in total. The van der Waals surface area contributed by atoms with Gasteiger partial charge in [-0.25, -0.2) is 0 Å². The molecule has 6 heteroatoms. The Morgan fingerprint density at radius 3 is 0.769 bits per heavy atom. The Balaban J connectivity index is 1.40. The van der Waals surface area contributed by atoms with E-state index in [1.54, 1.807) is 0 Å². The lowest BCUT2D eigenvalue weighted by molar-refractivity contribution is 1.13. The van der Waals surface area contributed by atoms with Crippen LogP contribution in [-0.4, -0.2) is 56.4 Å². The molecule has 0 aliphatic heterocycles.